The first kappa shape index (κ1) is 36.4. The highest BCUT2D eigenvalue weighted by molar-refractivity contribution is 5.91. The predicted molar refractivity (Wildman–Crippen MR) is 219 cm³/mol. The summed E-state index contributed by atoms with van der Waals surface area (Å²) in [6.45, 7) is 8.84. The molecule has 0 bridgehead atoms. The fourth-order valence-corrected chi connectivity index (χ4v) is 7.95. The number of hydrogen-bond acceptors (Lipinski definition) is 11. The molecule has 0 radical (unpaired) electrons. The molecule has 1 atom stereocenters. The summed E-state index contributed by atoms with van der Waals surface area (Å²) in [6.07, 6.45) is 5.83. The summed E-state index contributed by atoms with van der Waals surface area (Å²) in [5.41, 5.74) is 8.81. The second-order valence-electron chi connectivity index (χ2n) is 15.0. The number of carbonyl (C=O) groups is 1. The molecule has 2 saturated heterocycles. The van der Waals surface area contributed by atoms with Crippen molar-refractivity contribution in [3.8, 4) is 22.6 Å². The molecule has 57 heavy (non-hydrogen) atoms. The number of hydrogen-bond donors (Lipinski definition) is 2. The number of pyridine rings is 3. The van der Waals surface area contributed by atoms with E-state index in [-0.39, 0.29) is 23.7 Å². The highest BCUT2D eigenvalue weighted by atomic mass is 16.5. The first-order valence-corrected chi connectivity index (χ1v) is 19.4. The van der Waals surface area contributed by atoms with E-state index >= 15 is 0 Å². The lowest BCUT2D eigenvalue weighted by molar-refractivity contribution is 0.000417. The van der Waals surface area contributed by atoms with Gasteiger partial charge in [0.25, 0.3) is 5.56 Å². The van der Waals surface area contributed by atoms with Gasteiger partial charge in [0.2, 0.25) is 5.89 Å². The highest BCUT2D eigenvalue weighted by Gasteiger charge is 2.27. The Kier molecular flexibility index (Phi) is 9.83. The van der Waals surface area contributed by atoms with Gasteiger partial charge < -0.3 is 24.1 Å². The number of nitrogens with one attached hydrogen (secondary N) is 1. The maximum absolute atomic E-state index is 13.3. The minimum atomic E-state index is -0.281. The smallest absolute Gasteiger partial charge is 0.338 e. The van der Waals surface area contributed by atoms with Crippen LogP contribution in [0.1, 0.15) is 33.5 Å². The van der Waals surface area contributed by atoms with Crippen LogP contribution in [0.4, 0.5) is 11.5 Å². The second kappa shape index (κ2) is 15.4. The van der Waals surface area contributed by atoms with Crippen molar-refractivity contribution in [3.05, 3.63) is 136 Å². The van der Waals surface area contributed by atoms with Crippen molar-refractivity contribution >= 4 is 39.5 Å². The quantitative estimate of drug-likeness (QED) is 0.136. The summed E-state index contributed by atoms with van der Waals surface area (Å²) in [7, 11) is 0. The van der Waals surface area contributed by atoms with Crippen LogP contribution in [0.2, 0.25) is 0 Å². The van der Waals surface area contributed by atoms with Crippen molar-refractivity contribution in [2.24, 2.45) is 0 Å². The number of aliphatic hydroxyl groups is 1. The Morgan fingerprint density at radius 1 is 0.877 bits per heavy atom. The van der Waals surface area contributed by atoms with Crippen molar-refractivity contribution in [3.63, 3.8) is 0 Å². The van der Waals surface area contributed by atoms with Gasteiger partial charge in [-0.1, -0.05) is 42.5 Å². The lowest BCUT2D eigenvalue weighted by Gasteiger charge is -2.35. The van der Waals surface area contributed by atoms with E-state index in [9.17, 15) is 14.7 Å². The molecule has 7 aromatic rings. The predicted octanol–water partition coefficient (Wildman–Crippen LogP) is 6.73. The van der Waals surface area contributed by atoms with Crippen LogP contribution >= 0.6 is 0 Å². The molecule has 2 aliphatic heterocycles. The van der Waals surface area contributed by atoms with Crippen LogP contribution in [-0.4, -0.2) is 85.3 Å². The number of rotatable bonds is 11. The van der Waals surface area contributed by atoms with Gasteiger partial charge in [-0.15, -0.1) is 0 Å². The zero-order valence-electron chi connectivity index (χ0n) is 31.9. The van der Waals surface area contributed by atoms with E-state index in [1.807, 2.05) is 61.7 Å². The van der Waals surface area contributed by atoms with Crippen LogP contribution < -0.4 is 10.9 Å². The van der Waals surface area contributed by atoms with E-state index in [1.54, 1.807) is 35.2 Å². The lowest BCUT2D eigenvalue weighted by atomic mass is 9.93. The molecule has 3 aromatic carbocycles. The first-order valence-electron chi connectivity index (χ1n) is 19.4. The van der Waals surface area contributed by atoms with Gasteiger partial charge in [0, 0.05) is 81.0 Å². The molecule has 0 aliphatic carbocycles. The van der Waals surface area contributed by atoms with Crippen LogP contribution in [0, 0.1) is 13.8 Å². The topological polar surface area (TPSA) is 139 Å². The molecular weight excluding hydrogens is 719 g/mol. The van der Waals surface area contributed by atoms with Crippen LogP contribution in [0.15, 0.2) is 113 Å². The molecule has 2 aliphatic rings. The fraction of sp³-hybridized carbons (Fsp3) is 0.267. The van der Waals surface area contributed by atoms with Crippen LogP contribution in [0.25, 0.3) is 44.6 Å². The van der Waals surface area contributed by atoms with Crippen molar-refractivity contribution < 1.29 is 19.1 Å². The molecule has 0 saturated carbocycles. The number of benzene rings is 3. The third-order valence-electron chi connectivity index (χ3n) is 11.1. The van der Waals surface area contributed by atoms with Crippen molar-refractivity contribution in [2.75, 3.05) is 38.0 Å². The van der Waals surface area contributed by atoms with Gasteiger partial charge in [-0.2, -0.15) is 0 Å². The SMILES string of the molecule is Cc1c(Nc2nccc3cc(CN4CC[C@@H](OC(=O)c5ccccc5)C4)cnc23)cccc1-c1cccc(-c2nc3c(=O)n(CCN4CC(O)C4)ccc3o2)c1C. The van der Waals surface area contributed by atoms with Crippen molar-refractivity contribution in [1.29, 1.82) is 0 Å². The summed E-state index contributed by atoms with van der Waals surface area (Å²) in [6, 6.07) is 27.2. The molecule has 6 heterocycles. The third kappa shape index (κ3) is 7.42. The Balaban J connectivity index is 0.909. The first-order chi connectivity index (χ1) is 27.8. The van der Waals surface area contributed by atoms with Gasteiger partial charge in [-0.25, -0.2) is 14.8 Å². The highest BCUT2D eigenvalue weighted by Crippen LogP contribution is 2.37. The summed E-state index contributed by atoms with van der Waals surface area (Å²) in [4.78, 5) is 44.6. The Morgan fingerprint density at radius 3 is 2.49 bits per heavy atom. The van der Waals surface area contributed by atoms with Crippen LogP contribution in [-0.2, 0) is 17.8 Å². The molecule has 0 unspecified atom stereocenters. The molecule has 9 rings (SSSR count). The molecule has 288 valence electrons. The summed E-state index contributed by atoms with van der Waals surface area (Å²) in [5, 5.41) is 14.1. The van der Waals surface area contributed by atoms with E-state index in [1.165, 1.54) is 0 Å². The number of esters is 1. The van der Waals surface area contributed by atoms with Crippen LogP contribution in [0.5, 0.6) is 0 Å². The van der Waals surface area contributed by atoms with Gasteiger partial charge in [0.05, 0.1) is 11.7 Å². The number of carbonyl (C=O) groups excluding carboxylic acids is 1. The molecule has 0 spiro atoms. The fourth-order valence-electron chi connectivity index (χ4n) is 7.95. The van der Waals surface area contributed by atoms with Crippen LogP contribution in [0.3, 0.4) is 0 Å². The number of fused-ring (bicyclic) bond motifs is 2. The molecule has 12 heteroatoms. The number of oxazole rings is 1. The monoisotopic (exact) mass is 761 g/mol. The summed E-state index contributed by atoms with van der Waals surface area (Å²) >= 11 is 0. The molecule has 12 nitrogen and oxygen atoms in total. The minimum Gasteiger partial charge on any atom is -0.457 e. The van der Waals surface area contributed by atoms with Crippen molar-refractivity contribution in [2.45, 2.75) is 45.6 Å². The van der Waals surface area contributed by atoms with Gasteiger partial charge in [-0.05, 0) is 90.6 Å². The maximum Gasteiger partial charge on any atom is 0.338 e. The van der Waals surface area contributed by atoms with Gasteiger partial charge in [-0.3, -0.25) is 19.6 Å². The van der Waals surface area contributed by atoms with E-state index < -0.39 is 0 Å². The molecular formula is C45H43N7O5. The standard InChI is InChI=1S/C45H43N7O5/c1-28-35(10-6-12-37(28)43-49-41-39(57-43)16-19-52(44(41)54)21-20-51-25-33(53)26-51)36-11-7-13-38(29(36)2)48-42-40-32(14-17-46-42)22-30(23-47-40)24-50-18-15-34(27-50)56-45(55)31-8-4-3-5-9-31/h3-14,16-17,19,22-23,33-34,53H,15,18,20-21,24-27H2,1-2H3,(H,46,48)/t34-/m1/s1. The average molecular weight is 762 g/mol. The Bertz CT molecular complexity index is 2670. The Hall–Kier alpha value is -6.21. The van der Waals surface area contributed by atoms with E-state index in [4.69, 9.17) is 19.1 Å². The van der Waals surface area contributed by atoms with Gasteiger partial charge in [0.15, 0.2) is 16.9 Å². The van der Waals surface area contributed by atoms with E-state index in [2.05, 4.69) is 45.2 Å². The van der Waals surface area contributed by atoms with E-state index in [0.29, 0.717) is 67.6 Å². The minimum absolute atomic E-state index is 0.138. The zero-order valence-corrected chi connectivity index (χ0v) is 31.9. The number of likely N-dealkylation sites (tertiary alicyclic amines) is 2. The molecule has 4 aromatic heterocycles. The maximum atomic E-state index is 13.3. The Labute approximate surface area is 329 Å². The number of ether oxygens (including phenoxy) is 1. The van der Waals surface area contributed by atoms with E-state index in [0.717, 1.165) is 62.9 Å². The number of nitrogens with zero attached hydrogens (tertiary/aromatic N) is 6. The molecule has 2 fully saturated rings. The van der Waals surface area contributed by atoms with Gasteiger partial charge in [0.1, 0.15) is 11.6 Å². The molecule has 2 N–H and O–H groups in total. The third-order valence-corrected chi connectivity index (χ3v) is 11.1. The van der Waals surface area contributed by atoms with Gasteiger partial charge >= 0.3 is 5.97 Å². The largest absolute Gasteiger partial charge is 0.457 e. The lowest BCUT2D eigenvalue weighted by Crippen LogP contribution is -2.51. The zero-order chi connectivity index (χ0) is 39.0. The number of anilines is 2. The normalized spacial score (nSPS) is 16.3. The summed E-state index contributed by atoms with van der Waals surface area (Å²) < 4.78 is 13.6. The van der Waals surface area contributed by atoms with Crippen molar-refractivity contribution in [1.82, 2.24) is 29.3 Å². The number of β-amino-alcohol motifs (C(OH)–C–C–N with tert-alkyl or cyclic N) is 1. The second-order valence-corrected chi connectivity index (χ2v) is 15.0. The Morgan fingerprint density at radius 2 is 1.67 bits per heavy atom. The number of aliphatic hydroxyl groups excluding tert-OH is 1. The number of aromatic nitrogens is 4. The molecule has 0 amide bonds. The average Bonchev–Trinajstić information content (AvgIpc) is 3.85. The summed E-state index contributed by atoms with van der Waals surface area (Å²) in [5.74, 6) is 0.786.